The van der Waals surface area contributed by atoms with Gasteiger partial charge in [0.25, 0.3) is 0 Å². The molecule has 96 heavy (non-hydrogen) atoms. The van der Waals surface area contributed by atoms with E-state index >= 15 is 0 Å². The monoisotopic (exact) mass is 1220 g/mol. The second-order valence-electron chi connectivity index (χ2n) is 25.0. The first-order chi connectivity index (χ1) is 47.7. The third-order valence-corrected chi connectivity index (χ3v) is 19.8. The molecule has 4 aromatic heterocycles. The molecule has 0 unspecified atom stereocenters. The van der Waals surface area contributed by atoms with E-state index in [-0.39, 0.29) is 0 Å². The largest absolute Gasteiger partial charge is 0.309 e. The van der Waals surface area contributed by atoms with Crippen LogP contribution in [0.3, 0.4) is 0 Å². The first-order valence-electron chi connectivity index (χ1n) is 33.1. The zero-order valence-electron chi connectivity index (χ0n) is 52.4. The van der Waals surface area contributed by atoms with Gasteiger partial charge in [-0.25, -0.2) is 0 Å². The van der Waals surface area contributed by atoms with Crippen molar-refractivity contribution in [2.45, 2.75) is 0 Å². The Balaban J connectivity index is 0.000000135. The molecule has 0 saturated heterocycles. The average Bonchev–Trinajstić information content (AvgIpc) is 1.55. The number of benzene rings is 16. The van der Waals surface area contributed by atoms with Crippen LogP contribution in [0.5, 0.6) is 0 Å². The second-order valence-corrected chi connectivity index (χ2v) is 25.0. The second kappa shape index (κ2) is 22.5. The molecule has 0 amide bonds. The number of fused-ring (bicyclic) bond motifs is 16. The molecule has 0 atom stereocenters. The fraction of sp³-hybridized carbons (Fsp3) is 0. The Morgan fingerprint density at radius 1 is 0.146 bits per heavy atom. The maximum atomic E-state index is 2.48. The van der Waals surface area contributed by atoms with Crippen LogP contribution >= 0.6 is 0 Å². The van der Waals surface area contributed by atoms with Gasteiger partial charge in [0.2, 0.25) is 0 Å². The van der Waals surface area contributed by atoms with Crippen LogP contribution < -0.4 is 0 Å². The maximum Gasteiger partial charge on any atom is 0.0549 e. The Hall–Kier alpha value is -12.8. The van der Waals surface area contributed by atoms with Gasteiger partial charge in [-0.3, -0.25) is 0 Å². The lowest BCUT2D eigenvalue weighted by Gasteiger charge is -2.15. The predicted octanol–water partition coefficient (Wildman–Crippen LogP) is 24.7. The number of aromatic nitrogens is 4. The van der Waals surface area contributed by atoms with Gasteiger partial charge in [0, 0.05) is 65.2 Å². The van der Waals surface area contributed by atoms with Crippen LogP contribution in [0.1, 0.15) is 0 Å². The van der Waals surface area contributed by atoms with Gasteiger partial charge in [0.1, 0.15) is 0 Å². The molecule has 0 radical (unpaired) electrons. The van der Waals surface area contributed by atoms with Crippen molar-refractivity contribution in [1.82, 2.24) is 18.3 Å². The Labute approximate surface area is 554 Å². The van der Waals surface area contributed by atoms with Crippen molar-refractivity contribution in [1.29, 1.82) is 0 Å². The van der Waals surface area contributed by atoms with E-state index in [1.165, 1.54) is 165 Å². The highest BCUT2D eigenvalue weighted by molar-refractivity contribution is 6.31. The summed E-state index contributed by atoms with van der Waals surface area (Å²) in [6.45, 7) is 0. The Morgan fingerprint density at radius 3 is 0.896 bits per heavy atom. The van der Waals surface area contributed by atoms with Gasteiger partial charge in [0.15, 0.2) is 0 Å². The van der Waals surface area contributed by atoms with Crippen LogP contribution in [0.15, 0.2) is 364 Å². The number of nitrogens with zero attached hydrogens (tertiary/aromatic N) is 4. The maximum absolute atomic E-state index is 2.48. The molecule has 0 N–H and O–H groups in total. The molecule has 4 nitrogen and oxygen atoms in total. The van der Waals surface area contributed by atoms with Gasteiger partial charge < -0.3 is 18.3 Å². The fourth-order valence-electron chi connectivity index (χ4n) is 15.7. The van der Waals surface area contributed by atoms with E-state index in [4.69, 9.17) is 0 Å². The van der Waals surface area contributed by atoms with Crippen molar-refractivity contribution in [3.05, 3.63) is 364 Å². The summed E-state index contributed by atoms with van der Waals surface area (Å²) in [6, 6.07) is 132. The highest BCUT2D eigenvalue weighted by Gasteiger charge is 2.25. The quantitative estimate of drug-likeness (QED) is 0.144. The number of hydrogen-bond donors (Lipinski definition) is 0. The van der Waals surface area contributed by atoms with E-state index < -0.39 is 0 Å². The summed E-state index contributed by atoms with van der Waals surface area (Å²) < 4.78 is 9.82. The zero-order valence-corrected chi connectivity index (χ0v) is 52.4. The summed E-state index contributed by atoms with van der Waals surface area (Å²) in [5, 5.41) is 15.1. The van der Waals surface area contributed by atoms with Crippen molar-refractivity contribution in [2.24, 2.45) is 0 Å². The van der Waals surface area contributed by atoms with Crippen LogP contribution in [0.4, 0.5) is 0 Å². The topological polar surface area (TPSA) is 19.7 Å². The van der Waals surface area contributed by atoms with E-state index in [0.29, 0.717) is 0 Å². The minimum absolute atomic E-state index is 1.16. The van der Waals surface area contributed by atoms with E-state index in [1.807, 2.05) is 0 Å². The van der Waals surface area contributed by atoms with Crippen LogP contribution in [0.25, 0.3) is 176 Å². The smallest absolute Gasteiger partial charge is 0.0549 e. The van der Waals surface area contributed by atoms with Crippen molar-refractivity contribution in [2.75, 3.05) is 0 Å². The predicted molar refractivity (Wildman–Crippen MR) is 407 cm³/mol. The molecule has 20 rings (SSSR count). The molecule has 0 saturated carbocycles. The van der Waals surface area contributed by atoms with E-state index in [1.54, 1.807) is 0 Å². The summed E-state index contributed by atoms with van der Waals surface area (Å²) in [7, 11) is 0. The van der Waals surface area contributed by atoms with Crippen molar-refractivity contribution in [3.63, 3.8) is 0 Å². The molecular formula is C92H60N4. The first kappa shape index (κ1) is 54.9. The molecule has 0 spiro atoms. The summed E-state index contributed by atoms with van der Waals surface area (Å²) in [4.78, 5) is 0. The highest BCUT2D eigenvalue weighted by atomic mass is 15.0. The minimum atomic E-state index is 1.16. The molecule has 16 aromatic carbocycles. The number of hydrogen-bond acceptors (Lipinski definition) is 0. The third-order valence-electron chi connectivity index (χ3n) is 19.8. The molecule has 20 aromatic rings. The fourth-order valence-corrected chi connectivity index (χ4v) is 15.7. The Kier molecular flexibility index (Phi) is 12.9. The van der Waals surface area contributed by atoms with Gasteiger partial charge in [-0.1, -0.05) is 273 Å². The summed E-state index contributed by atoms with van der Waals surface area (Å²) in [6.07, 6.45) is 0. The third kappa shape index (κ3) is 8.70. The SMILES string of the molecule is c1ccc(-c2ccc3c(c2)c2c4c5ccccc5n(-c5ccc(-c6ccccc6)c6ccccc56)c4ccc2n3-c2ccccc2)cc1.c1ccc(-c2ccc3c4c5c6ccccc6n(-c6ccc(-c7ccccc7)c7ccccc67)c5ccc4n(-c4ccccc4)c3c2)cc1. The van der Waals surface area contributed by atoms with Gasteiger partial charge in [0.05, 0.1) is 55.5 Å². The van der Waals surface area contributed by atoms with Crippen LogP contribution in [-0.4, -0.2) is 18.3 Å². The lowest BCUT2D eigenvalue weighted by Crippen LogP contribution is -1.96. The van der Waals surface area contributed by atoms with Crippen LogP contribution in [-0.2, 0) is 0 Å². The average molecular weight is 1220 g/mol. The Bertz CT molecular complexity index is 6390. The molecule has 448 valence electrons. The Morgan fingerprint density at radius 2 is 0.448 bits per heavy atom. The summed E-state index contributed by atoms with van der Waals surface area (Å²) in [5.41, 5.74) is 24.2. The van der Waals surface area contributed by atoms with E-state index in [0.717, 1.165) is 11.4 Å². The van der Waals surface area contributed by atoms with E-state index in [2.05, 4.69) is 382 Å². The molecular weight excluding hydrogens is 1160 g/mol. The summed E-state index contributed by atoms with van der Waals surface area (Å²) in [5.74, 6) is 0. The van der Waals surface area contributed by atoms with Crippen LogP contribution in [0.2, 0.25) is 0 Å². The van der Waals surface area contributed by atoms with Gasteiger partial charge in [-0.15, -0.1) is 0 Å². The van der Waals surface area contributed by atoms with Gasteiger partial charge in [-0.2, -0.15) is 0 Å². The molecule has 4 heteroatoms. The molecule has 0 aliphatic heterocycles. The van der Waals surface area contributed by atoms with Crippen molar-refractivity contribution < 1.29 is 0 Å². The molecule has 0 aliphatic rings. The highest BCUT2D eigenvalue weighted by Crippen LogP contribution is 2.47. The standard InChI is InChI=1S/2C46H30N2/c1-4-14-31(15-5-1)33-24-26-42-39(30-33)46-43(47(42)34-18-8-3-9-19-34)28-29-44-45(46)38-22-12-13-23-40(38)48(44)41-27-25-35(32-16-6-2-7-17-32)36-20-10-11-21-37(36)41;1-4-14-31(15-5-1)33-24-25-39-44(30-33)47(34-18-8-3-9-19-34)42-28-29-43-45(46(39)42)38-22-12-13-23-40(38)48(43)41-27-26-35(32-16-6-2-7-17-32)36-20-10-11-21-37(36)41/h2*1-30H. The lowest BCUT2D eigenvalue weighted by atomic mass is 9.97. The summed E-state index contributed by atoms with van der Waals surface area (Å²) >= 11 is 0. The molecule has 0 fully saturated rings. The molecule has 0 aliphatic carbocycles. The number of rotatable bonds is 8. The van der Waals surface area contributed by atoms with Crippen molar-refractivity contribution in [3.8, 4) is 67.3 Å². The lowest BCUT2D eigenvalue weighted by molar-refractivity contribution is 1.18. The van der Waals surface area contributed by atoms with Gasteiger partial charge >= 0.3 is 0 Å². The first-order valence-corrected chi connectivity index (χ1v) is 33.1. The van der Waals surface area contributed by atoms with Crippen LogP contribution in [0, 0.1) is 0 Å². The van der Waals surface area contributed by atoms with E-state index in [9.17, 15) is 0 Å². The minimum Gasteiger partial charge on any atom is -0.309 e. The molecule has 0 bridgehead atoms. The normalized spacial score (nSPS) is 11.8. The van der Waals surface area contributed by atoms with Crippen molar-refractivity contribution >= 4 is 109 Å². The zero-order chi connectivity index (χ0) is 63.2. The van der Waals surface area contributed by atoms with Gasteiger partial charge in [-0.05, 0) is 146 Å². The number of para-hydroxylation sites is 4. The molecule has 4 heterocycles.